The minimum Gasteiger partial charge on any atom is -0.481 e. The summed E-state index contributed by atoms with van der Waals surface area (Å²) in [5.74, 6) is -4.61. The van der Waals surface area contributed by atoms with E-state index in [0.717, 1.165) is 15.8 Å². The number of nitrogens with one attached hydrogen (secondary N) is 4. The lowest BCUT2D eigenvalue weighted by Crippen LogP contribution is -2.61. The van der Waals surface area contributed by atoms with Crippen molar-refractivity contribution in [2.75, 3.05) is 45.9 Å². The number of rotatable bonds is 18. The van der Waals surface area contributed by atoms with Gasteiger partial charge in [-0.1, -0.05) is 28.6 Å². The van der Waals surface area contributed by atoms with E-state index in [1.165, 1.54) is 4.90 Å². The van der Waals surface area contributed by atoms with Gasteiger partial charge in [-0.05, 0) is 24.5 Å². The monoisotopic (exact) mass is 739 g/mol. The van der Waals surface area contributed by atoms with E-state index >= 15 is 0 Å². The number of aromatic nitrogens is 1. The Hall–Kier alpha value is -5.79. The van der Waals surface area contributed by atoms with Crippen LogP contribution in [0.25, 0.3) is 10.9 Å². The van der Waals surface area contributed by atoms with Crippen LogP contribution in [0.3, 0.4) is 0 Å². The molecule has 6 amide bonds. The van der Waals surface area contributed by atoms with E-state index in [1.807, 2.05) is 24.3 Å². The number of benzene rings is 1. The van der Waals surface area contributed by atoms with Crippen LogP contribution in [0, 0.1) is 9.81 Å². The molecule has 20 heteroatoms. The normalized spacial score (nSPS) is 20.7. The summed E-state index contributed by atoms with van der Waals surface area (Å²) in [4.78, 5) is 119. The van der Waals surface area contributed by atoms with Gasteiger partial charge in [0.15, 0.2) is 0 Å². The lowest BCUT2D eigenvalue weighted by atomic mass is 10.0. The van der Waals surface area contributed by atoms with E-state index in [9.17, 15) is 48.5 Å². The standard InChI is InChI=1S/C33H41N9O11/c43-27(44)17-26(29(46)38-24(28(45)37-23-8-15-53-32(23)49)16-19-18-34-21-5-2-1-4-20(19)21)40-11-13-41(14-12-40)31(48)25(7-10-36-52)42-30(47)22(39-33(42)50)6-3-9-35-51/h1-2,4-5,18,22-26,34H,3,6-17H2,(H,37,45)(H,38,46)(H,39,50)(H,43,44)/t22-,23?,24+,25-,26-/m0/s1. The van der Waals surface area contributed by atoms with Crippen LogP contribution in [0.5, 0.6) is 0 Å². The van der Waals surface area contributed by atoms with Gasteiger partial charge < -0.3 is 35.7 Å². The van der Waals surface area contributed by atoms with Gasteiger partial charge in [-0.3, -0.25) is 28.9 Å². The molecule has 284 valence electrons. The van der Waals surface area contributed by atoms with Crippen LogP contribution in [0.1, 0.15) is 37.7 Å². The number of carbonyl (C=O) groups excluding carboxylic acids is 6. The molecule has 0 spiro atoms. The van der Waals surface area contributed by atoms with E-state index in [1.54, 1.807) is 11.1 Å². The fourth-order valence-corrected chi connectivity index (χ4v) is 6.85. The number of nitrogens with zero attached hydrogens (tertiary/aromatic N) is 5. The number of H-pyrrole nitrogens is 1. The molecular formula is C33H41N9O11. The number of hydrogen-bond donors (Lipinski definition) is 5. The first kappa shape index (κ1) is 38.4. The number of nitroso groups, excluding NO2 is 2. The van der Waals surface area contributed by atoms with Gasteiger partial charge in [-0.2, -0.15) is 9.81 Å². The molecular weight excluding hydrogens is 698 g/mol. The molecule has 3 fully saturated rings. The van der Waals surface area contributed by atoms with Crippen LogP contribution in [-0.4, -0.2) is 142 Å². The van der Waals surface area contributed by atoms with Gasteiger partial charge in [-0.15, -0.1) is 0 Å². The maximum atomic E-state index is 13.9. The van der Waals surface area contributed by atoms with Crippen molar-refractivity contribution >= 4 is 52.5 Å². The Morgan fingerprint density at radius 3 is 2.40 bits per heavy atom. The molecule has 5 N–H and O–H groups in total. The number of hydrogen-bond acceptors (Lipinski definition) is 13. The van der Waals surface area contributed by atoms with E-state index in [4.69, 9.17) is 4.74 Å². The second-order valence-electron chi connectivity index (χ2n) is 13.0. The third kappa shape index (κ3) is 9.18. The number of ether oxygens (including phenoxy) is 1. The number of esters is 1. The number of imide groups is 1. The zero-order valence-electron chi connectivity index (χ0n) is 28.7. The fraction of sp³-hybridized carbons (Fsp3) is 0.545. The molecule has 0 aliphatic carbocycles. The summed E-state index contributed by atoms with van der Waals surface area (Å²) < 4.78 is 4.96. The topological polar surface area (TPSA) is 269 Å². The summed E-state index contributed by atoms with van der Waals surface area (Å²) >= 11 is 0. The molecule has 0 bridgehead atoms. The summed E-state index contributed by atoms with van der Waals surface area (Å²) in [5, 5.41) is 24.0. The zero-order chi connectivity index (χ0) is 38.1. The Morgan fingerprint density at radius 1 is 0.981 bits per heavy atom. The van der Waals surface area contributed by atoms with Crippen molar-refractivity contribution in [3.05, 3.63) is 45.8 Å². The molecule has 0 saturated carbocycles. The molecule has 1 aromatic heterocycles. The van der Waals surface area contributed by atoms with Gasteiger partial charge in [0.25, 0.3) is 5.91 Å². The maximum absolute atomic E-state index is 13.9. The molecule has 3 aliphatic rings. The van der Waals surface area contributed by atoms with Crippen molar-refractivity contribution in [1.82, 2.24) is 35.6 Å². The molecule has 3 aliphatic heterocycles. The van der Waals surface area contributed by atoms with Crippen molar-refractivity contribution in [2.24, 2.45) is 10.4 Å². The first-order chi connectivity index (χ1) is 25.5. The first-order valence-electron chi connectivity index (χ1n) is 17.3. The quantitative estimate of drug-likeness (QED) is 0.0566. The number of para-hydroxylation sites is 1. The van der Waals surface area contributed by atoms with Crippen LogP contribution in [0.15, 0.2) is 40.8 Å². The largest absolute Gasteiger partial charge is 0.481 e. The first-order valence-corrected chi connectivity index (χ1v) is 17.3. The van der Waals surface area contributed by atoms with E-state index in [0.29, 0.717) is 5.56 Å². The number of carboxylic acid groups (broad SMARTS) is 1. The summed E-state index contributed by atoms with van der Waals surface area (Å²) in [6.45, 7) is -0.284. The lowest BCUT2D eigenvalue weighted by Gasteiger charge is -2.40. The highest BCUT2D eigenvalue weighted by Gasteiger charge is 2.46. The Labute approximate surface area is 302 Å². The van der Waals surface area contributed by atoms with Crippen molar-refractivity contribution in [2.45, 2.75) is 68.7 Å². The highest BCUT2D eigenvalue weighted by Crippen LogP contribution is 2.22. The average molecular weight is 740 g/mol. The number of carboxylic acids is 1. The third-order valence-corrected chi connectivity index (χ3v) is 9.61. The van der Waals surface area contributed by atoms with Crippen LogP contribution >= 0.6 is 0 Å². The summed E-state index contributed by atoms with van der Waals surface area (Å²) in [7, 11) is 0. The van der Waals surface area contributed by atoms with E-state index in [2.05, 4.69) is 31.3 Å². The van der Waals surface area contributed by atoms with Crippen LogP contribution < -0.4 is 16.0 Å². The third-order valence-electron chi connectivity index (χ3n) is 9.61. The molecule has 20 nitrogen and oxygen atoms in total. The van der Waals surface area contributed by atoms with Gasteiger partial charge in [-0.25, -0.2) is 14.5 Å². The molecule has 2 aromatic rings. The van der Waals surface area contributed by atoms with Gasteiger partial charge in [0.1, 0.15) is 24.2 Å². The molecule has 1 aromatic carbocycles. The number of fused-ring (bicyclic) bond motifs is 1. The number of aromatic amines is 1. The molecule has 5 rings (SSSR count). The van der Waals surface area contributed by atoms with Crippen molar-refractivity contribution in [3.8, 4) is 0 Å². The van der Waals surface area contributed by atoms with Crippen molar-refractivity contribution in [1.29, 1.82) is 0 Å². The minimum absolute atomic E-state index is 0.0140. The van der Waals surface area contributed by atoms with Crippen LogP contribution in [0.2, 0.25) is 0 Å². The molecule has 4 heterocycles. The zero-order valence-corrected chi connectivity index (χ0v) is 28.7. The maximum Gasteiger partial charge on any atom is 0.328 e. The average Bonchev–Trinajstić information content (AvgIpc) is 3.83. The highest BCUT2D eigenvalue weighted by molar-refractivity contribution is 6.07. The fourth-order valence-electron chi connectivity index (χ4n) is 6.85. The van der Waals surface area contributed by atoms with Crippen molar-refractivity contribution < 1.29 is 43.4 Å². The predicted octanol–water partition coefficient (Wildman–Crippen LogP) is -0.393. The van der Waals surface area contributed by atoms with Gasteiger partial charge in [0.05, 0.1) is 32.2 Å². The number of carbonyl (C=O) groups is 7. The number of piperazine rings is 1. The van der Waals surface area contributed by atoms with Gasteiger partial charge in [0.2, 0.25) is 17.7 Å². The molecule has 3 saturated heterocycles. The van der Waals surface area contributed by atoms with Gasteiger partial charge in [0, 0.05) is 62.5 Å². The molecule has 53 heavy (non-hydrogen) atoms. The second kappa shape index (κ2) is 17.6. The molecule has 1 unspecified atom stereocenters. The highest BCUT2D eigenvalue weighted by atomic mass is 16.5. The number of amides is 6. The van der Waals surface area contributed by atoms with E-state index < -0.39 is 78.2 Å². The van der Waals surface area contributed by atoms with Crippen molar-refractivity contribution in [3.63, 3.8) is 0 Å². The Kier molecular flexibility index (Phi) is 12.8. The minimum atomic E-state index is -1.35. The second-order valence-corrected chi connectivity index (χ2v) is 13.0. The summed E-state index contributed by atoms with van der Waals surface area (Å²) in [6.07, 6.45) is 1.48. The Bertz CT molecular complexity index is 1740. The lowest BCUT2D eigenvalue weighted by molar-refractivity contribution is -0.146. The number of urea groups is 1. The summed E-state index contributed by atoms with van der Waals surface area (Å²) in [5.41, 5.74) is 1.50. The smallest absolute Gasteiger partial charge is 0.328 e. The number of cyclic esters (lactones) is 1. The van der Waals surface area contributed by atoms with E-state index in [-0.39, 0.29) is 78.0 Å². The van der Waals surface area contributed by atoms with Gasteiger partial charge >= 0.3 is 18.0 Å². The predicted molar refractivity (Wildman–Crippen MR) is 184 cm³/mol. The Balaban J connectivity index is 1.28. The summed E-state index contributed by atoms with van der Waals surface area (Å²) in [6, 6.07) is 0.846. The van der Waals surface area contributed by atoms with Crippen LogP contribution in [-0.2, 0) is 39.9 Å². The SMILES string of the molecule is O=NCCC[C@@H]1NC(=O)N([C@@H](CCN=O)C(=O)N2CCN([C@@H](CC(=O)O)C(=O)N[C@H](Cc3c[nH]c4ccccc34)C(=O)NC3CCOC3=O)CC2)C1=O. The Morgan fingerprint density at radius 2 is 1.72 bits per heavy atom. The van der Waals surface area contributed by atoms with Crippen LogP contribution in [0.4, 0.5) is 4.79 Å². The number of aliphatic carboxylic acids is 1. The molecule has 5 atom stereocenters. The molecule has 0 radical (unpaired) electrons.